The van der Waals surface area contributed by atoms with Crippen LogP contribution in [0.1, 0.15) is 42.7 Å². The van der Waals surface area contributed by atoms with Crippen molar-refractivity contribution in [2.75, 3.05) is 25.1 Å². The van der Waals surface area contributed by atoms with Crippen molar-refractivity contribution in [3.8, 4) is 5.75 Å². The highest BCUT2D eigenvalue weighted by atomic mass is 32.2. The minimum atomic E-state index is -3.64. The lowest BCUT2D eigenvalue weighted by atomic mass is 10.2. The Morgan fingerprint density at radius 2 is 1.73 bits per heavy atom. The summed E-state index contributed by atoms with van der Waals surface area (Å²) in [7, 11) is -2.04. The number of aromatic nitrogens is 2. The molecule has 0 spiro atoms. The van der Waals surface area contributed by atoms with Gasteiger partial charge in [-0.1, -0.05) is 31.3 Å². The van der Waals surface area contributed by atoms with E-state index in [2.05, 4.69) is 4.98 Å². The van der Waals surface area contributed by atoms with E-state index in [1.807, 2.05) is 50.2 Å². The van der Waals surface area contributed by atoms with Crippen molar-refractivity contribution in [1.29, 1.82) is 0 Å². The second kappa shape index (κ2) is 11.8. The molecule has 4 aromatic rings. The summed E-state index contributed by atoms with van der Waals surface area (Å²) >= 11 is 1.40. The van der Waals surface area contributed by atoms with Crippen molar-refractivity contribution >= 4 is 42.6 Å². The van der Waals surface area contributed by atoms with Crippen LogP contribution in [-0.2, 0) is 16.6 Å². The second-order valence-corrected chi connectivity index (χ2v) is 11.4. The van der Waals surface area contributed by atoms with E-state index >= 15 is 0 Å². The van der Waals surface area contributed by atoms with Crippen molar-refractivity contribution in [2.24, 2.45) is 0 Å². The third-order valence-electron chi connectivity index (χ3n) is 5.79. The Bertz CT molecular complexity index is 1450. The molecule has 2 heterocycles. The molecule has 0 N–H and O–H groups in total. The Morgan fingerprint density at radius 3 is 2.35 bits per heavy atom. The number of carbonyl (C=O) groups is 1. The summed E-state index contributed by atoms with van der Waals surface area (Å²) in [6.45, 7) is 5.04. The largest absolute Gasteiger partial charge is 0.497 e. The maximum Gasteiger partial charge on any atom is 0.260 e. The first-order chi connectivity index (χ1) is 17.9. The van der Waals surface area contributed by atoms with Crippen molar-refractivity contribution in [1.82, 2.24) is 14.3 Å². The van der Waals surface area contributed by atoms with Gasteiger partial charge >= 0.3 is 0 Å². The normalized spacial score (nSPS) is 11.7. The maximum atomic E-state index is 13.7. The van der Waals surface area contributed by atoms with Crippen LogP contribution < -0.4 is 9.64 Å². The van der Waals surface area contributed by atoms with Crippen LogP contribution in [0.15, 0.2) is 71.8 Å². The molecule has 8 nitrogen and oxygen atoms in total. The maximum absolute atomic E-state index is 13.7. The number of anilines is 1. The van der Waals surface area contributed by atoms with Gasteiger partial charge in [-0.25, -0.2) is 13.4 Å². The topological polar surface area (TPSA) is 92.7 Å². The number of hydrogen-bond acceptors (Lipinski definition) is 7. The number of hydrogen-bond donors (Lipinski definition) is 0. The lowest BCUT2D eigenvalue weighted by Gasteiger charge is -2.22. The number of carbonyl (C=O) groups excluding carboxylic acids is 1. The Kier molecular flexibility index (Phi) is 8.52. The van der Waals surface area contributed by atoms with Gasteiger partial charge in [0.2, 0.25) is 10.0 Å². The number of benzene rings is 2. The van der Waals surface area contributed by atoms with Crippen molar-refractivity contribution < 1.29 is 17.9 Å². The molecule has 0 aliphatic rings. The third-order valence-corrected chi connectivity index (χ3v) is 8.76. The van der Waals surface area contributed by atoms with Gasteiger partial charge in [0.1, 0.15) is 5.75 Å². The van der Waals surface area contributed by atoms with Gasteiger partial charge in [0.15, 0.2) is 5.13 Å². The lowest BCUT2D eigenvalue weighted by molar-refractivity contribution is 0.0984. The second-order valence-electron chi connectivity index (χ2n) is 8.47. The summed E-state index contributed by atoms with van der Waals surface area (Å²) in [5.74, 6) is 0.392. The summed E-state index contributed by atoms with van der Waals surface area (Å²) in [4.78, 5) is 24.6. The van der Waals surface area contributed by atoms with Gasteiger partial charge in [-0.15, -0.1) is 0 Å². The SMILES string of the molecule is CCCN(CCC)S(=O)(=O)c1ccc(C(=O)N(Cc2ccccn2)c2nc3cc(OC)ccc3s2)cc1. The van der Waals surface area contributed by atoms with Crippen LogP contribution in [0, 0.1) is 0 Å². The quantitative estimate of drug-likeness (QED) is 0.255. The molecule has 0 saturated carbocycles. The van der Waals surface area contributed by atoms with E-state index in [0.717, 1.165) is 23.1 Å². The van der Waals surface area contributed by atoms with E-state index in [0.29, 0.717) is 35.2 Å². The van der Waals surface area contributed by atoms with Gasteiger partial charge in [0.05, 0.1) is 34.5 Å². The van der Waals surface area contributed by atoms with E-state index in [1.54, 1.807) is 30.3 Å². The predicted octanol–water partition coefficient (Wildman–Crippen LogP) is 5.36. The summed E-state index contributed by atoms with van der Waals surface area (Å²) < 4.78 is 34.0. The summed E-state index contributed by atoms with van der Waals surface area (Å²) in [6.07, 6.45) is 3.14. The zero-order valence-electron chi connectivity index (χ0n) is 21.1. The van der Waals surface area contributed by atoms with Crippen LogP contribution in [0.4, 0.5) is 5.13 Å². The lowest BCUT2D eigenvalue weighted by Crippen LogP contribution is -2.33. The Labute approximate surface area is 221 Å². The molecule has 194 valence electrons. The number of methoxy groups -OCH3 is 1. The number of pyridine rings is 1. The number of amides is 1. The van der Waals surface area contributed by atoms with Crippen molar-refractivity contribution in [2.45, 2.75) is 38.1 Å². The molecule has 0 atom stereocenters. The van der Waals surface area contributed by atoms with Crippen molar-refractivity contribution in [3.63, 3.8) is 0 Å². The standard InChI is InChI=1S/C27H30N4O4S2/c1-4-16-30(17-5-2)37(33,34)23-12-9-20(10-13-23)26(32)31(19-21-8-6-7-15-28-21)27-29-24-18-22(35-3)11-14-25(24)36-27/h6-15,18H,4-5,16-17,19H2,1-3H3. The third kappa shape index (κ3) is 5.98. The summed E-state index contributed by atoms with van der Waals surface area (Å²) in [6, 6.07) is 17.3. The molecular weight excluding hydrogens is 508 g/mol. The summed E-state index contributed by atoms with van der Waals surface area (Å²) in [5.41, 5.74) is 1.80. The van der Waals surface area contributed by atoms with E-state index in [9.17, 15) is 13.2 Å². The number of sulfonamides is 1. The van der Waals surface area contributed by atoms with E-state index in [-0.39, 0.29) is 17.3 Å². The monoisotopic (exact) mass is 538 g/mol. The minimum absolute atomic E-state index is 0.175. The molecule has 2 aromatic heterocycles. The van der Waals surface area contributed by atoms with Gasteiger partial charge < -0.3 is 4.74 Å². The molecule has 0 aliphatic carbocycles. The minimum Gasteiger partial charge on any atom is -0.497 e. The highest BCUT2D eigenvalue weighted by molar-refractivity contribution is 7.89. The molecule has 37 heavy (non-hydrogen) atoms. The number of ether oxygens (including phenoxy) is 1. The molecule has 1 amide bonds. The molecule has 10 heteroatoms. The van der Waals surface area contributed by atoms with Gasteiger partial charge in [-0.3, -0.25) is 14.7 Å². The Balaban J connectivity index is 1.68. The molecule has 0 unspecified atom stereocenters. The highest BCUT2D eigenvalue weighted by Gasteiger charge is 2.26. The predicted molar refractivity (Wildman–Crippen MR) is 147 cm³/mol. The molecule has 0 saturated heterocycles. The molecule has 0 aliphatic heterocycles. The fraction of sp³-hybridized carbons (Fsp3) is 0.296. The molecule has 0 bridgehead atoms. The van der Waals surface area contributed by atoms with Crippen LogP contribution in [0.25, 0.3) is 10.2 Å². The summed E-state index contributed by atoms with van der Waals surface area (Å²) in [5, 5.41) is 0.521. The van der Waals surface area contributed by atoms with Crippen LogP contribution in [-0.4, -0.2) is 48.8 Å². The first-order valence-electron chi connectivity index (χ1n) is 12.1. The fourth-order valence-corrected chi connectivity index (χ4v) is 6.51. The molecular formula is C27H30N4O4S2. The van der Waals surface area contributed by atoms with Crippen LogP contribution in [0.5, 0.6) is 5.75 Å². The zero-order chi connectivity index (χ0) is 26.4. The Hall–Kier alpha value is -3.34. The average molecular weight is 539 g/mol. The van der Waals surface area contributed by atoms with Gasteiger partial charge in [-0.05, 0) is 61.4 Å². The number of fused-ring (bicyclic) bond motifs is 1. The smallest absolute Gasteiger partial charge is 0.260 e. The molecule has 4 rings (SSSR count). The van der Waals surface area contributed by atoms with Gasteiger partial charge in [0, 0.05) is 30.9 Å². The molecule has 0 radical (unpaired) electrons. The van der Waals surface area contributed by atoms with E-state index in [4.69, 9.17) is 9.72 Å². The average Bonchev–Trinajstić information content (AvgIpc) is 3.35. The van der Waals surface area contributed by atoms with Gasteiger partial charge in [0.25, 0.3) is 5.91 Å². The van der Waals surface area contributed by atoms with Gasteiger partial charge in [-0.2, -0.15) is 4.31 Å². The van der Waals surface area contributed by atoms with E-state index in [1.165, 1.54) is 27.8 Å². The Morgan fingerprint density at radius 1 is 1.00 bits per heavy atom. The highest BCUT2D eigenvalue weighted by Crippen LogP contribution is 2.33. The first-order valence-corrected chi connectivity index (χ1v) is 14.4. The van der Waals surface area contributed by atoms with Crippen LogP contribution in [0.3, 0.4) is 0 Å². The number of nitrogens with zero attached hydrogens (tertiary/aromatic N) is 4. The van der Waals surface area contributed by atoms with Crippen LogP contribution in [0.2, 0.25) is 0 Å². The molecule has 0 fully saturated rings. The fourth-order valence-electron chi connectivity index (χ4n) is 3.94. The number of rotatable bonds is 11. The number of thiazole rings is 1. The van der Waals surface area contributed by atoms with Crippen LogP contribution >= 0.6 is 11.3 Å². The van der Waals surface area contributed by atoms with Crippen molar-refractivity contribution in [3.05, 3.63) is 78.1 Å². The zero-order valence-corrected chi connectivity index (χ0v) is 22.8. The molecule has 2 aromatic carbocycles. The van der Waals surface area contributed by atoms with E-state index < -0.39 is 10.0 Å². The first kappa shape index (κ1) is 26.7.